The van der Waals surface area contributed by atoms with E-state index in [4.69, 9.17) is 10.5 Å². The molecule has 0 aliphatic heterocycles. The van der Waals surface area contributed by atoms with E-state index >= 15 is 0 Å². The zero-order valence-corrected chi connectivity index (χ0v) is 10.2. The Kier molecular flexibility index (Phi) is 3.10. The number of hydrogen-bond acceptors (Lipinski definition) is 4. The van der Waals surface area contributed by atoms with Crippen LogP contribution in [0.2, 0.25) is 0 Å². The minimum absolute atomic E-state index is 0.401. The van der Waals surface area contributed by atoms with E-state index in [2.05, 4.69) is 15.2 Å². The van der Waals surface area contributed by atoms with Gasteiger partial charge in [0.25, 0.3) is 0 Å². The van der Waals surface area contributed by atoms with Crippen LogP contribution in [0.4, 0.5) is 0 Å². The zero-order chi connectivity index (χ0) is 12.4. The fourth-order valence-corrected chi connectivity index (χ4v) is 1.72. The Balaban J connectivity index is 2.37. The van der Waals surface area contributed by atoms with Gasteiger partial charge in [-0.15, -0.1) is 5.10 Å². The van der Waals surface area contributed by atoms with Crippen LogP contribution in [0.1, 0.15) is 22.6 Å². The van der Waals surface area contributed by atoms with Gasteiger partial charge in [0.15, 0.2) is 0 Å². The zero-order valence-electron chi connectivity index (χ0n) is 10.2. The largest absolute Gasteiger partial charge is 0.437 e. The van der Waals surface area contributed by atoms with Crippen molar-refractivity contribution in [2.24, 2.45) is 5.73 Å². The number of aromatic amines is 1. The number of nitrogens with one attached hydrogen (secondary N) is 1. The molecule has 2 aromatic rings. The van der Waals surface area contributed by atoms with Crippen LogP contribution >= 0.6 is 0 Å². The van der Waals surface area contributed by atoms with Crippen molar-refractivity contribution in [3.63, 3.8) is 0 Å². The summed E-state index contributed by atoms with van der Waals surface area (Å²) in [7, 11) is 0. The van der Waals surface area contributed by atoms with Gasteiger partial charge in [0.2, 0.25) is 5.88 Å². The van der Waals surface area contributed by atoms with Crippen molar-refractivity contribution in [2.45, 2.75) is 27.3 Å². The summed E-state index contributed by atoms with van der Waals surface area (Å²) >= 11 is 0. The SMILES string of the molecule is Cc1cc(Oc2cc(C)[nH]n2)c(CN)c(C)n1. The Bertz CT molecular complexity index is 533. The van der Waals surface area contributed by atoms with Gasteiger partial charge in [-0.3, -0.25) is 10.1 Å². The molecule has 0 atom stereocenters. The van der Waals surface area contributed by atoms with Gasteiger partial charge in [-0.25, -0.2) is 0 Å². The Hall–Kier alpha value is -1.88. The van der Waals surface area contributed by atoms with Crippen LogP contribution in [-0.4, -0.2) is 15.2 Å². The first-order valence-corrected chi connectivity index (χ1v) is 5.47. The van der Waals surface area contributed by atoms with E-state index in [0.717, 1.165) is 28.4 Å². The molecule has 0 saturated heterocycles. The Morgan fingerprint density at radius 2 is 2.06 bits per heavy atom. The molecule has 0 amide bonds. The van der Waals surface area contributed by atoms with Crippen LogP contribution in [-0.2, 0) is 6.54 Å². The number of nitrogens with two attached hydrogens (primary N) is 1. The summed E-state index contributed by atoms with van der Waals surface area (Å²) in [6.45, 7) is 6.18. The number of hydrogen-bond donors (Lipinski definition) is 2. The smallest absolute Gasteiger partial charge is 0.238 e. The van der Waals surface area contributed by atoms with Crippen LogP contribution < -0.4 is 10.5 Å². The number of H-pyrrole nitrogens is 1. The van der Waals surface area contributed by atoms with Crippen LogP contribution in [0.25, 0.3) is 0 Å². The lowest BCUT2D eigenvalue weighted by Gasteiger charge is -2.11. The van der Waals surface area contributed by atoms with Crippen LogP contribution in [0.3, 0.4) is 0 Å². The van der Waals surface area contributed by atoms with E-state index in [1.807, 2.05) is 32.9 Å². The van der Waals surface area contributed by atoms with E-state index in [1.54, 1.807) is 0 Å². The first-order chi connectivity index (χ1) is 8.10. The van der Waals surface area contributed by atoms with Gasteiger partial charge in [-0.1, -0.05) is 0 Å². The van der Waals surface area contributed by atoms with Crippen LogP contribution in [0.15, 0.2) is 12.1 Å². The Labute approximate surface area is 100 Å². The molecular formula is C12H16N4O. The molecule has 2 heterocycles. The van der Waals surface area contributed by atoms with Gasteiger partial charge in [-0.2, -0.15) is 0 Å². The number of rotatable bonds is 3. The first-order valence-electron chi connectivity index (χ1n) is 5.47. The lowest BCUT2D eigenvalue weighted by Crippen LogP contribution is -2.05. The molecule has 2 aromatic heterocycles. The van der Waals surface area contributed by atoms with Gasteiger partial charge >= 0.3 is 0 Å². The highest BCUT2D eigenvalue weighted by molar-refractivity contribution is 5.39. The second-order valence-electron chi connectivity index (χ2n) is 4.02. The number of ether oxygens (including phenoxy) is 1. The second-order valence-corrected chi connectivity index (χ2v) is 4.02. The fraction of sp³-hybridized carbons (Fsp3) is 0.333. The molecule has 5 nitrogen and oxygen atoms in total. The molecule has 2 rings (SSSR count). The highest BCUT2D eigenvalue weighted by Gasteiger charge is 2.10. The summed E-state index contributed by atoms with van der Waals surface area (Å²) in [6.07, 6.45) is 0. The molecule has 0 saturated carbocycles. The van der Waals surface area contributed by atoms with Crippen molar-refractivity contribution in [1.82, 2.24) is 15.2 Å². The molecule has 0 aromatic carbocycles. The third kappa shape index (κ3) is 2.45. The summed E-state index contributed by atoms with van der Waals surface area (Å²) in [4.78, 5) is 4.36. The maximum atomic E-state index is 5.72. The summed E-state index contributed by atoms with van der Waals surface area (Å²) in [5.41, 5.74) is 9.38. The van der Waals surface area contributed by atoms with Gasteiger partial charge in [0, 0.05) is 41.3 Å². The predicted molar refractivity (Wildman–Crippen MR) is 65.0 cm³/mol. The van der Waals surface area contributed by atoms with Gasteiger partial charge in [0.1, 0.15) is 5.75 Å². The predicted octanol–water partition coefficient (Wildman–Crippen LogP) is 1.98. The molecule has 0 bridgehead atoms. The summed E-state index contributed by atoms with van der Waals surface area (Å²) in [5.74, 6) is 1.27. The summed E-state index contributed by atoms with van der Waals surface area (Å²) in [5, 5.41) is 6.87. The van der Waals surface area contributed by atoms with Crippen molar-refractivity contribution in [3.05, 3.63) is 34.8 Å². The summed E-state index contributed by atoms with van der Waals surface area (Å²) < 4.78 is 5.72. The number of aryl methyl sites for hydroxylation is 3. The van der Waals surface area contributed by atoms with Gasteiger partial charge in [0.05, 0.1) is 0 Å². The molecule has 0 aliphatic rings. The van der Waals surface area contributed by atoms with Gasteiger partial charge in [-0.05, 0) is 20.8 Å². The van der Waals surface area contributed by atoms with Gasteiger partial charge < -0.3 is 10.5 Å². The molecule has 5 heteroatoms. The molecule has 3 N–H and O–H groups in total. The molecule has 0 fully saturated rings. The lowest BCUT2D eigenvalue weighted by molar-refractivity contribution is 0.454. The lowest BCUT2D eigenvalue weighted by atomic mass is 10.1. The molecule has 0 radical (unpaired) electrons. The van der Waals surface area contributed by atoms with Crippen molar-refractivity contribution in [3.8, 4) is 11.6 Å². The Morgan fingerprint density at radius 3 is 2.65 bits per heavy atom. The highest BCUT2D eigenvalue weighted by Crippen LogP contribution is 2.26. The summed E-state index contributed by atoms with van der Waals surface area (Å²) in [6, 6.07) is 3.71. The van der Waals surface area contributed by atoms with E-state index in [-0.39, 0.29) is 0 Å². The van der Waals surface area contributed by atoms with E-state index in [0.29, 0.717) is 12.4 Å². The number of nitrogens with zero attached hydrogens (tertiary/aromatic N) is 2. The average Bonchev–Trinajstić information content (AvgIpc) is 2.63. The molecular weight excluding hydrogens is 216 g/mol. The third-order valence-corrected chi connectivity index (χ3v) is 2.52. The van der Waals surface area contributed by atoms with Crippen LogP contribution in [0, 0.1) is 20.8 Å². The standard InChI is InChI=1S/C12H16N4O/c1-7-4-11(10(6-13)9(3)14-7)17-12-5-8(2)15-16-12/h4-5H,6,13H2,1-3H3,(H,15,16). The monoisotopic (exact) mass is 232 g/mol. The van der Waals surface area contributed by atoms with E-state index in [9.17, 15) is 0 Å². The maximum absolute atomic E-state index is 5.72. The van der Waals surface area contributed by atoms with Crippen molar-refractivity contribution >= 4 is 0 Å². The quantitative estimate of drug-likeness (QED) is 0.848. The number of aromatic nitrogens is 3. The maximum Gasteiger partial charge on any atom is 0.238 e. The molecule has 0 unspecified atom stereocenters. The van der Waals surface area contributed by atoms with Crippen molar-refractivity contribution < 1.29 is 4.74 Å². The van der Waals surface area contributed by atoms with Crippen molar-refractivity contribution in [2.75, 3.05) is 0 Å². The minimum Gasteiger partial charge on any atom is -0.437 e. The molecule has 90 valence electrons. The second kappa shape index (κ2) is 4.55. The third-order valence-electron chi connectivity index (χ3n) is 2.52. The topological polar surface area (TPSA) is 76.8 Å². The minimum atomic E-state index is 0.401. The fourth-order valence-electron chi connectivity index (χ4n) is 1.72. The molecule has 17 heavy (non-hydrogen) atoms. The van der Waals surface area contributed by atoms with E-state index in [1.165, 1.54) is 0 Å². The average molecular weight is 232 g/mol. The molecule has 0 aliphatic carbocycles. The van der Waals surface area contributed by atoms with Crippen LogP contribution in [0.5, 0.6) is 11.6 Å². The first kappa shape index (κ1) is 11.6. The van der Waals surface area contributed by atoms with Crippen molar-refractivity contribution in [1.29, 1.82) is 0 Å². The Morgan fingerprint density at radius 1 is 1.29 bits per heavy atom. The van der Waals surface area contributed by atoms with E-state index < -0.39 is 0 Å². The molecule has 0 spiro atoms. The number of pyridine rings is 1. The normalized spacial score (nSPS) is 10.6. The highest BCUT2D eigenvalue weighted by atomic mass is 16.5.